The van der Waals surface area contributed by atoms with Gasteiger partial charge in [0.15, 0.2) is 0 Å². The maximum atomic E-state index is 6.59. The summed E-state index contributed by atoms with van der Waals surface area (Å²) in [6.45, 7) is 4.74. The van der Waals surface area contributed by atoms with Gasteiger partial charge in [0.2, 0.25) is 0 Å². The van der Waals surface area contributed by atoms with Crippen molar-refractivity contribution in [3.8, 4) is 44.5 Å². The van der Waals surface area contributed by atoms with Crippen LogP contribution in [0.5, 0.6) is 0 Å². The molecule has 0 aliphatic heterocycles. The number of nitrogens with zero attached hydrogens (tertiary/aromatic N) is 1. The fourth-order valence-corrected chi connectivity index (χ4v) is 12.2. The molecule has 11 aromatic rings. The van der Waals surface area contributed by atoms with Gasteiger partial charge in [-0.25, -0.2) is 0 Å². The lowest BCUT2D eigenvalue weighted by molar-refractivity contribution is 0.660. The molecule has 300 valence electrons. The van der Waals surface area contributed by atoms with E-state index in [2.05, 4.69) is 231 Å². The Balaban J connectivity index is 1.10. The van der Waals surface area contributed by atoms with E-state index in [9.17, 15) is 0 Å². The molecule has 14 rings (SSSR count). The number of benzene rings is 10. The summed E-state index contributed by atoms with van der Waals surface area (Å²) in [4.78, 5) is 2.49. The van der Waals surface area contributed by atoms with Crippen molar-refractivity contribution >= 4 is 49.8 Å². The van der Waals surface area contributed by atoms with Crippen molar-refractivity contribution in [2.24, 2.45) is 0 Å². The summed E-state index contributed by atoms with van der Waals surface area (Å²) < 4.78 is 6.59. The van der Waals surface area contributed by atoms with E-state index < -0.39 is 5.41 Å². The van der Waals surface area contributed by atoms with E-state index in [1.165, 1.54) is 88.7 Å². The van der Waals surface area contributed by atoms with E-state index in [4.69, 9.17) is 4.42 Å². The molecule has 0 saturated carbocycles. The monoisotopic (exact) mass is 815 g/mol. The summed E-state index contributed by atoms with van der Waals surface area (Å²) in [7, 11) is 0. The second kappa shape index (κ2) is 12.8. The van der Waals surface area contributed by atoms with Crippen LogP contribution in [-0.4, -0.2) is 0 Å². The third kappa shape index (κ3) is 4.54. The van der Waals surface area contributed by atoms with Gasteiger partial charge in [0.25, 0.3) is 0 Å². The van der Waals surface area contributed by atoms with Crippen LogP contribution >= 0.6 is 0 Å². The fourth-order valence-electron chi connectivity index (χ4n) is 12.2. The van der Waals surface area contributed by atoms with Crippen molar-refractivity contribution in [2.45, 2.75) is 24.7 Å². The second-order valence-electron chi connectivity index (χ2n) is 18.3. The lowest BCUT2D eigenvalue weighted by atomic mass is 9.65. The number of hydrogen-bond acceptors (Lipinski definition) is 2. The van der Waals surface area contributed by atoms with Crippen molar-refractivity contribution in [3.05, 3.63) is 246 Å². The highest BCUT2D eigenvalue weighted by molar-refractivity contribution is 6.14. The molecule has 0 N–H and O–H groups in total. The van der Waals surface area contributed by atoms with Gasteiger partial charge in [-0.15, -0.1) is 0 Å². The molecule has 0 amide bonds. The molecule has 3 aliphatic carbocycles. The van der Waals surface area contributed by atoms with Gasteiger partial charge in [-0.1, -0.05) is 184 Å². The van der Waals surface area contributed by atoms with Crippen LogP contribution in [0.3, 0.4) is 0 Å². The minimum atomic E-state index is -0.589. The van der Waals surface area contributed by atoms with Gasteiger partial charge < -0.3 is 9.32 Å². The summed E-state index contributed by atoms with van der Waals surface area (Å²) >= 11 is 0. The van der Waals surface area contributed by atoms with E-state index in [0.29, 0.717) is 0 Å². The van der Waals surface area contributed by atoms with E-state index in [1.807, 2.05) is 0 Å². The average Bonchev–Trinajstić information content (AvgIpc) is 3.93. The highest BCUT2D eigenvalue weighted by Gasteiger charge is 2.50. The summed E-state index contributed by atoms with van der Waals surface area (Å²) in [6, 6.07) is 79.3. The molecule has 0 radical (unpaired) electrons. The predicted molar refractivity (Wildman–Crippen MR) is 265 cm³/mol. The van der Waals surface area contributed by atoms with Crippen LogP contribution in [0.2, 0.25) is 0 Å². The molecule has 1 spiro atoms. The molecule has 0 bridgehead atoms. The van der Waals surface area contributed by atoms with Crippen molar-refractivity contribution < 1.29 is 4.42 Å². The Morgan fingerprint density at radius 3 is 1.72 bits per heavy atom. The molecule has 10 aromatic carbocycles. The lowest BCUT2D eigenvalue weighted by Crippen LogP contribution is -2.29. The van der Waals surface area contributed by atoms with Crippen LogP contribution in [0.1, 0.15) is 47.2 Å². The quantitative estimate of drug-likeness (QED) is 0.177. The summed E-state index contributed by atoms with van der Waals surface area (Å²) in [6.07, 6.45) is 0. The molecule has 2 heteroatoms. The summed E-state index contributed by atoms with van der Waals surface area (Å²) in [5.74, 6) is 0. The molecule has 0 saturated heterocycles. The van der Waals surface area contributed by atoms with Gasteiger partial charge in [-0.3, -0.25) is 0 Å². The van der Waals surface area contributed by atoms with Gasteiger partial charge in [0.05, 0.1) is 16.5 Å². The first-order valence-electron chi connectivity index (χ1n) is 22.4. The zero-order valence-electron chi connectivity index (χ0n) is 35.6. The van der Waals surface area contributed by atoms with Crippen LogP contribution in [0.15, 0.2) is 217 Å². The zero-order chi connectivity index (χ0) is 42.3. The lowest BCUT2D eigenvalue weighted by Gasteiger charge is -2.36. The van der Waals surface area contributed by atoms with E-state index in [0.717, 1.165) is 39.0 Å². The molecule has 64 heavy (non-hydrogen) atoms. The Labute approximate surface area is 372 Å². The number of para-hydroxylation sites is 1. The minimum Gasteiger partial charge on any atom is -0.456 e. The Hall–Kier alpha value is -7.94. The van der Waals surface area contributed by atoms with Gasteiger partial charge in [0.1, 0.15) is 11.2 Å². The van der Waals surface area contributed by atoms with E-state index in [1.54, 1.807) is 0 Å². The Morgan fingerprint density at radius 2 is 0.906 bits per heavy atom. The van der Waals surface area contributed by atoms with Gasteiger partial charge in [-0.05, 0) is 131 Å². The third-order valence-corrected chi connectivity index (χ3v) is 14.9. The van der Waals surface area contributed by atoms with Gasteiger partial charge in [-0.2, -0.15) is 0 Å². The molecule has 1 atom stereocenters. The van der Waals surface area contributed by atoms with Crippen LogP contribution in [0.4, 0.5) is 17.1 Å². The van der Waals surface area contributed by atoms with Crippen LogP contribution in [0, 0.1) is 0 Å². The predicted octanol–water partition coefficient (Wildman–Crippen LogP) is 16.5. The van der Waals surface area contributed by atoms with Crippen molar-refractivity contribution in [1.29, 1.82) is 0 Å². The van der Waals surface area contributed by atoms with Crippen LogP contribution in [-0.2, 0) is 10.8 Å². The normalized spacial score (nSPS) is 15.8. The maximum absolute atomic E-state index is 6.59. The van der Waals surface area contributed by atoms with Crippen molar-refractivity contribution in [1.82, 2.24) is 0 Å². The maximum Gasteiger partial charge on any atom is 0.137 e. The number of anilines is 3. The molecule has 2 nitrogen and oxygen atoms in total. The van der Waals surface area contributed by atoms with E-state index >= 15 is 0 Å². The standard InChI is InChI=1S/C62H41NO/c1-61(2)50-24-11-7-21-45(50)46-33-31-40(37-55(46)61)63(56-27-15-29-58-60(56)48-23-10-14-28-57(48)64-58)39-32-35-53-49(36-39)43-19-6-5-18-42(43)44-20-8-12-25-51(44)62(53)52-26-13-9-22-47(52)59-41-17-4-3-16-38(41)30-34-54(59)62/h3-37H,1-2H3. The highest BCUT2D eigenvalue weighted by Crippen LogP contribution is 2.63. The summed E-state index contributed by atoms with van der Waals surface area (Å²) in [5.41, 5.74) is 22.4. The zero-order valence-corrected chi connectivity index (χ0v) is 35.6. The first-order chi connectivity index (χ1) is 31.5. The SMILES string of the molecule is CC1(C)c2ccccc2-c2ccc(N(c3ccc4c(c3)-c3ccccc3-c3ccccc3C43c4ccccc4-c4c3ccc3ccccc43)c3cccc4oc5ccccc5c34)cc21. The Bertz CT molecular complexity index is 3790. The molecule has 1 heterocycles. The highest BCUT2D eigenvalue weighted by atomic mass is 16.3. The van der Waals surface area contributed by atoms with E-state index in [-0.39, 0.29) is 5.41 Å². The fraction of sp³-hybridized carbons (Fsp3) is 0.0645. The number of fused-ring (bicyclic) bond motifs is 20. The smallest absolute Gasteiger partial charge is 0.137 e. The largest absolute Gasteiger partial charge is 0.456 e. The Morgan fingerprint density at radius 1 is 0.359 bits per heavy atom. The first kappa shape index (κ1) is 35.6. The molecular formula is C62H41NO. The van der Waals surface area contributed by atoms with Crippen LogP contribution in [0.25, 0.3) is 77.2 Å². The van der Waals surface area contributed by atoms with Crippen molar-refractivity contribution in [2.75, 3.05) is 4.90 Å². The Kier molecular flexibility index (Phi) is 7.13. The topological polar surface area (TPSA) is 16.4 Å². The number of hydrogen-bond donors (Lipinski definition) is 0. The van der Waals surface area contributed by atoms with Gasteiger partial charge in [0, 0.05) is 22.2 Å². The molecule has 1 unspecified atom stereocenters. The van der Waals surface area contributed by atoms with Crippen LogP contribution < -0.4 is 4.90 Å². The van der Waals surface area contributed by atoms with Crippen molar-refractivity contribution in [3.63, 3.8) is 0 Å². The number of rotatable bonds is 3. The average molecular weight is 816 g/mol. The molecule has 1 aromatic heterocycles. The molecule has 0 fully saturated rings. The second-order valence-corrected chi connectivity index (χ2v) is 18.3. The first-order valence-corrected chi connectivity index (χ1v) is 22.4. The van der Waals surface area contributed by atoms with Gasteiger partial charge >= 0.3 is 0 Å². The molecule has 3 aliphatic rings. The summed E-state index contributed by atoms with van der Waals surface area (Å²) in [5, 5.41) is 4.75. The number of furan rings is 1. The third-order valence-electron chi connectivity index (χ3n) is 14.9. The minimum absolute atomic E-state index is 0.166. The molecular weight excluding hydrogens is 775 g/mol.